The van der Waals surface area contributed by atoms with Crippen molar-refractivity contribution in [3.8, 4) is 0 Å². The van der Waals surface area contributed by atoms with Crippen LogP contribution >= 0.6 is 0 Å². The first kappa shape index (κ1) is 12.3. The van der Waals surface area contributed by atoms with E-state index in [4.69, 9.17) is 0 Å². The Labute approximate surface area is 98.8 Å². The molecule has 0 spiro atoms. The van der Waals surface area contributed by atoms with Crippen molar-refractivity contribution in [3.63, 3.8) is 0 Å². The molecule has 16 heavy (non-hydrogen) atoms. The molecule has 0 bridgehead atoms. The highest BCUT2D eigenvalue weighted by atomic mass is 19.1. The Morgan fingerprint density at radius 1 is 1.00 bits per heavy atom. The van der Waals surface area contributed by atoms with E-state index < -0.39 is 6.17 Å². The largest absolute Gasteiger partial charge is 0.298 e. The van der Waals surface area contributed by atoms with Crippen molar-refractivity contribution in [1.29, 1.82) is 0 Å². The standard InChI is InChI=1S/C13H25FN2/c1-13(2,3)16-8-5-12(6-9-16)15-7-4-11(14)10-15/h11-12H,4-10H2,1-3H3. The van der Waals surface area contributed by atoms with Crippen LogP contribution in [-0.2, 0) is 0 Å². The van der Waals surface area contributed by atoms with Crippen LogP contribution < -0.4 is 0 Å². The fourth-order valence-electron chi connectivity index (χ4n) is 2.98. The molecular weight excluding hydrogens is 203 g/mol. The molecule has 0 N–H and O–H groups in total. The van der Waals surface area contributed by atoms with Crippen LogP contribution in [0.25, 0.3) is 0 Å². The second-order valence-electron chi connectivity index (χ2n) is 6.27. The van der Waals surface area contributed by atoms with Gasteiger partial charge in [0, 0.05) is 37.8 Å². The van der Waals surface area contributed by atoms with Gasteiger partial charge in [-0.25, -0.2) is 4.39 Å². The zero-order chi connectivity index (χ0) is 11.8. The van der Waals surface area contributed by atoms with E-state index in [-0.39, 0.29) is 0 Å². The third kappa shape index (κ3) is 2.75. The molecule has 0 amide bonds. The van der Waals surface area contributed by atoms with Gasteiger partial charge >= 0.3 is 0 Å². The summed E-state index contributed by atoms with van der Waals surface area (Å²) in [6.45, 7) is 10.8. The Morgan fingerprint density at radius 3 is 2.06 bits per heavy atom. The minimum Gasteiger partial charge on any atom is -0.298 e. The van der Waals surface area contributed by atoms with E-state index in [1.165, 1.54) is 25.9 Å². The molecule has 0 saturated carbocycles. The Kier molecular flexibility index (Phi) is 3.55. The normalized spacial score (nSPS) is 31.1. The number of halogens is 1. The molecule has 3 heteroatoms. The first-order valence-corrected chi connectivity index (χ1v) is 6.60. The van der Waals surface area contributed by atoms with E-state index in [1.54, 1.807) is 0 Å². The number of nitrogens with zero attached hydrogens (tertiary/aromatic N) is 2. The van der Waals surface area contributed by atoms with Crippen LogP contribution in [0.2, 0.25) is 0 Å². The summed E-state index contributed by atoms with van der Waals surface area (Å²) in [4.78, 5) is 4.91. The van der Waals surface area contributed by atoms with Gasteiger partial charge in [-0.1, -0.05) is 0 Å². The lowest BCUT2D eigenvalue weighted by Gasteiger charge is -2.43. The van der Waals surface area contributed by atoms with Crippen LogP contribution in [0.15, 0.2) is 0 Å². The lowest BCUT2D eigenvalue weighted by atomic mass is 9.97. The van der Waals surface area contributed by atoms with Crippen molar-refractivity contribution in [2.24, 2.45) is 0 Å². The summed E-state index contributed by atoms with van der Waals surface area (Å²) >= 11 is 0. The Balaban J connectivity index is 1.81. The summed E-state index contributed by atoms with van der Waals surface area (Å²) in [7, 11) is 0. The lowest BCUT2D eigenvalue weighted by molar-refractivity contribution is 0.0628. The number of likely N-dealkylation sites (tertiary alicyclic amines) is 2. The van der Waals surface area contributed by atoms with Gasteiger partial charge in [-0.2, -0.15) is 0 Å². The molecule has 0 aliphatic carbocycles. The van der Waals surface area contributed by atoms with E-state index in [0.29, 0.717) is 18.1 Å². The van der Waals surface area contributed by atoms with E-state index in [1.807, 2.05) is 0 Å². The average Bonchev–Trinajstić information content (AvgIpc) is 2.64. The molecule has 0 radical (unpaired) electrons. The first-order chi connectivity index (χ1) is 7.47. The van der Waals surface area contributed by atoms with Crippen LogP contribution in [0, 0.1) is 0 Å². The third-order valence-electron chi connectivity index (χ3n) is 4.09. The molecule has 0 aromatic carbocycles. The molecule has 2 rings (SSSR count). The molecule has 2 saturated heterocycles. The van der Waals surface area contributed by atoms with Gasteiger partial charge < -0.3 is 0 Å². The van der Waals surface area contributed by atoms with Gasteiger partial charge in [-0.05, 0) is 40.0 Å². The van der Waals surface area contributed by atoms with Crippen molar-refractivity contribution in [3.05, 3.63) is 0 Å². The average molecular weight is 228 g/mol. The highest BCUT2D eigenvalue weighted by Crippen LogP contribution is 2.25. The monoisotopic (exact) mass is 228 g/mol. The zero-order valence-electron chi connectivity index (χ0n) is 10.9. The molecule has 2 nitrogen and oxygen atoms in total. The van der Waals surface area contributed by atoms with Gasteiger partial charge in [0.05, 0.1) is 0 Å². The second kappa shape index (κ2) is 4.61. The van der Waals surface area contributed by atoms with Crippen molar-refractivity contribution in [1.82, 2.24) is 9.80 Å². The van der Waals surface area contributed by atoms with Crippen LogP contribution in [0.3, 0.4) is 0 Å². The van der Waals surface area contributed by atoms with Crippen molar-refractivity contribution in [2.75, 3.05) is 26.2 Å². The van der Waals surface area contributed by atoms with Gasteiger partial charge in [0.25, 0.3) is 0 Å². The third-order valence-corrected chi connectivity index (χ3v) is 4.09. The van der Waals surface area contributed by atoms with Crippen LogP contribution in [0.1, 0.15) is 40.0 Å². The molecule has 2 heterocycles. The van der Waals surface area contributed by atoms with Crippen LogP contribution in [0.5, 0.6) is 0 Å². The summed E-state index contributed by atoms with van der Waals surface area (Å²) < 4.78 is 13.1. The molecule has 2 aliphatic rings. The maximum Gasteiger partial charge on any atom is 0.114 e. The lowest BCUT2D eigenvalue weighted by Crippen LogP contribution is -2.50. The van der Waals surface area contributed by atoms with Gasteiger partial charge in [-0.15, -0.1) is 0 Å². The molecule has 0 aromatic rings. The molecule has 1 unspecified atom stereocenters. The quantitative estimate of drug-likeness (QED) is 0.679. The van der Waals surface area contributed by atoms with Gasteiger partial charge in [-0.3, -0.25) is 9.80 Å². The fourth-order valence-corrected chi connectivity index (χ4v) is 2.98. The molecular formula is C13H25FN2. The van der Waals surface area contributed by atoms with Crippen LogP contribution in [0.4, 0.5) is 4.39 Å². The molecule has 2 aliphatic heterocycles. The van der Waals surface area contributed by atoms with Crippen molar-refractivity contribution in [2.45, 2.75) is 57.8 Å². The SMILES string of the molecule is CC(C)(C)N1CCC(N2CCC(F)C2)CC1. The Morgan fingerprint density at radius 2 is 1.62 bits per heavy atom. The number of rotatable bonds is 1. The number of hydrogen-bond acceptors (Lipinski definition) is 2. The van der Waals surface area contributed by atoms with Crippen molar-refractivity contribution < 1.29 is 4.39 Å². The number of alkyl halides is 1. The maximum atomic E-state index is 13.1. The zero-order valence-corrected chi connectivity index (χ0v) is 10.9. The minimum atomic E-state index is -0.569. The van der Waals surface area contributed by atoms with Gasteiger partial charge in [0.1, 0.15) is 6.17 Å². The molecule has 94 valence electrons. The fraction of sp³-hybridized carbons (Fsp3) is 1.00. The van der Waals surface area contributed by atoms with Gasteiger partial charge in [0.2, 0.25) is 0 Å². The summed E-state index contributed by atoms with van der Waals surface area (Å²) in [6, 6.07) is 0.638. The van der Waals surface area contributed by atoms with E-state index in [9.17, 15) is 4.39 Å². The highest BCUT2D eigenvalue weighted by Gasteiger charge is 2.32. The molecule has 0 aromatic heterocycles. The predicted octanol–water partition coefficient (Wildman–Crippen LogP) is 2.29. The topological polar surface area (TPSA) is 6.48 Å². The molecule has 2 fully saturated rings. The summed E-state index contributed by atoms with van der Waals surface area (Å²) in [5, 5.41) is 0. The summed E-state index contributed by atoms with van der Waals surface area (Å²) in [5.41, 5.74) is 0.290. The summed E-state index contributed by atoms with van der Waals surface area (Å²) in [6.07, 6.45) is 2.61. The summed E-state index contributed by atoms with van der Waals surface area (Å²) in [5.74, 6) is 0. The van der Waals surface area contributed by atoms with E-state index in [2.05, 4.69) is 30.6 Å². The van der Waals surface area contributed by atoms with E-state index >= 15 is 0 Å². The van der Waals surface area contributed by atoms with E-state index in [0.717, 1.165) is 13.0 Å². The van der Waals surface area contributed by atoms with Crippen LogP contribution in [-0.4, -0.2) is 53.7 Å². The number of hydrogen-bond donors (Lipinski definition) is 0. The molecule has 1 atom stereocenters. The smallest absolute Gasteiger partial charge is 0.114 e. The predicted molar refractivity (Wildman–Crippen MR) is 65.4 cm³/mol. The maximum absolute atomic E-state index is 13.1. The highest BCUT2D eigenvalue weighted by molar-refractivity contribution is 4.88. The Bertz CT molecular complexity index is 229. The van der Waals surface area contributed by atoms with Crippen molar-refractivity contribution >= 4 is 0 Å². The number of piperidine rings is 1. The first-order valence-electron chi connectivity index (χ1n) is 6.60. The minimum absolute atomic E-state index is 0.290. The second-order valence-corrected chi connectivity index (χ2v) is 6.27. The van der Waals surface area contributed by atoms with Gasteiger partial charge in [0.15, 0.2) is 0 Å². The Hall–Kier alpha value is -0.150.